The van der Waals surface area contributed by atoms with E-state index in [-0.39, 0.29) is 0 Å². The number of rotatable bonds is 15. The van der Waals surface area contributed by atoms with Gasteiger partial charge in [-0.1, -0.05) is 88.6 Å². The summed E-state index contributed by atoms with van der Waals surface area (Å²) < 4.78 is 0. The summed E-state index contributed by atoms with van der Waals surface area (Å²) in [7, 11) is 0. The lowest BCUT2D eigenvalue weighted by Crippen LogP contribution is -2.29. The Balaban J connectivity index is 1.31. The number of unbranched alkanes of at least 4 members (excludes halogenated alkanes) is 8. The Morgan fingerprint density at radius 3 is 2.17 bits per heavy atom. The molecule has 1 aliphatic rings. The molecule has 2 atom stereocenters. The van der Waals surface area contributed by atoms with Gasteiger partial charge < -0.3 is 10.6 Å². The molecule has 2 heteroatoms. The molecule has 1 aliphatic carbocycles. The lowest BCUT2D eigenvalue weighted by atomic mass is 10.1. The van der Waals surface area contributed by atoms with Crippen molar-refractivity contribution in [2.24, 2.45) is 0 Å². The van der Waals surface area contributed by atoms with Crippen molar-refractivity contribution >= 4 is 0 Å². The summed E-state index contributed by atoms with van der Waals surface area (Å²) >= 11 is 0. The first-order valence-electron chi connectivity index (χ1n) is 10.4. The van der Waals surface area contributed by atoms with Crippen molar-refractivity contribution in [1.82, 2.24) is 10.6 Å². The van der Waals surface area contributed by atoms with Crippen molar-refractivity contribution in [3.05, 3.63) is 35.9 Å². The highest BCUT2D eigenvalue weighted by atomic mass is 15.0. The quantitative estimate of drug-likeness (QED) is 0.429. The maximum Gasteiger partial charge on any atom is 0.0143 e. The normalized spacial score (nSPS) is 19.5. The summed E-state index contributed by atoms with van der Waals surface area (Å²) in [5.41, 5.74) is 1.50. The smallest absolute Gasteiger partial charge is 0.0143 e. The van der Waals surface area contributed by atoms with Crippen LogP contribution in [0.4, 0.5) is 0 Å². The zero-order valence-corrected chi connectivity index (χ0v) is 15.7. The van der Waals surface area contributed by atoms with E-state index in [1.54, 1.807) is 0 Å². The molecule has 0 saturated heterocycles. The molecular formula is C22H38N2. The van der Waals surface area contributed by atoms with E-state index in [9.17, 15) is 0 Å². The first-order chi connectivity index (χ1) is 11.9. The summed E-state index contributed by atoms with van der Waals surface area (Å²) in [6.07, 6.45) is 14.0. The molecule has 0 aliphatic heterocycles. The molecule has 1 aromatic rings. The van der Waals surface area contributed by atoms with Gasteiger partial charge in [-0.3, -0.25) is 0 Å². The van der Waals surface area contributed by atoms with Crippen LogP contribution in [0, 0.1) is 0 Å². The van der Waals surface area contributed by atoms with Gasteiger partial charge >= 0.3 is 0 Å². The first kappa shape index (κ1) is 19.5. The fourth-order valence-electron chi connectivity index (χ4n) is 3.52. The Kier molecular flexibility index (Phi) is 10.1. The van der Waals surface area contributed by atoms with Crippen LogP contribution in [0.25, 0.3) is 0 Å². The SMILES string of the molecule is CCCCCCCCCCCNCCN[C@@H]1C[C@H]1c1ccccc1. The van der Waals surface area contributed by atoms with Crippen LogP contribution >= 0.6 is 0 Å². The van der Waals surface area contributed by atoms with Gasteiger partial charge in [-0.15, -0.1) is 0 Å². The van der Waals surface area contributed by atoms with Crippen LogP contribution in [0.1, 0.15) is 82.6 Å². The van der Waals surface area contributed by atoms with Crippen LogP contribution in [0.2, 0.25) is 0 Å². The third-order valence-corrected chi connectivity index (χ3v) is 5.18. The second-order valence-corrected chi connectivity index (χ2v) is 7.39. The van der Waals surface area contributed by atoms with Crippen molar-refractivity contribution in [3.8, 4) is 0 Å². The number of hydrogen-bond acceptors (Lipinski definition) is 2. The topological polar surface area (TPSA) is 24.1 Å². The average Bonchev–Trinajstić information content (AvgIpc) is 3.39. The highest BCUT2D eigenvalue weighted by molar-refractivity contribution is 5.27. The second kappa shape index (κ2) is 12.5. The Morgan fingerprint density at radius 2 is 1.46 bits per heavy atom. The summed E-state index contributed by atoms with van der Waals surface area (Å²) in [5, 5.41) is 7.26. The predicted octanol–water partition coefficient (Wildman–Crippen LogP) is 5.25. The van der Waals surface area contributed by atoms with E-state index in [0.717, 1.165) is 19.0 Å². The molecule has 0 heterocycles. The van der Waals surface area contributed by atoms with E-state index >= 15 is 0 Å². The molecule has 2 rings (SSSR count). The van der Waals surface area contributed by atoms with Gasteiger partial charge in [0.15, 0.2) is 0 Å². The van der Waals surface area contributed by atoms with E-state index in [1.165, 1.54) is 76.3 Å². The highest BCUT2D eigenvalue weighted by Gasteiger charge is 2.37. The van der Waals surface area contributed by atoms with E-state index in [2.05, 4.69) is 47.9 Å². The maximum absolute atomic E-state index is 3.68. The van der Waals surface area contributed by atoms with Gasteiger partial charge in [0.25, 0.3) is 0 Å². The van der Waals surface area contributed by atoms with E-state index in [0.29, 0.717) is 6.04 Å². The minimum absolute atomic E-state index is 0.710. The van der Waals surface area contributed by atoms with E-state index in [1.807, 2.05) is 0 Å². The van der Waals surface area contributed by atoms with Gasteiger partial charge in [0.2, 0.25) is 0 Å². The standard InChI is InChI=1S/C22H38N2/c1-2-3-4-5-6-7-8-9-13-16-23-17-18-24-22-19-21(22)20-14-11-10-12-15-20/h10-12,14-15,21-24H,2-9,13,16-19H2,1H3/t21-,22+/m0/s1. The van der Waals surface area contributed by atoms with Gasteiger partial charge in [-0.2, -0.15) is 0 Å². The number of benzene rings is 1. The van der Waals surface area contributed by atoms with Crippen molar-refractivity contribution in [2.45, 2.75) is 83.1 Å². The monoisotopic (exact) mass is 330 g/mol. The molecule has 0 aromatic heterocycles. The van der Waals surface area contributed by atoms with Crippen molar-refractivity contribution in [1.29, 1.82) is 0 Å². The zero-order chi connectivity index (χ0) is 16.9. The van der Waals surface area contributed by atoms with Crippen LogP contribution in [0.15, 0.2) is 30.3 Å². The second-order valence-electron chi connectivity index (χ2n) is 7.39. The van der Waals surface area contributed by atoms with E-state index in [4.69, 9.17) is 0 Å². The summed E-state index contributed by atoms with van der Waals surface area (Å²) in [6, 6.07) is 11.6. The molecule has 0 amide bonds. The molecule has 136 valence electrons. The molecule has 2 nitrogen and oxygen atoms in total. The molecule has 0 unspecified atom stereocenters. The Hall–Kier alpha value is -0.860. The molecule has 0 bridgehead atoms. The molecule has 24 heavy (non-hydrogen) atoms. The van der Waals surface area contributed by atoms with Gasteiger partial charge in [0, 0.05) is 25.0 Å². The molecule has 1 saturated carbocycles. The highest BCUT2D eigenvalue weighted by Crippen LogP contribution is 2.40. The third-order valence-electron chi connectivity index (χ3n) is 5.18. The van der Waals surface area contributed by atoms with Gasteiger partial charge in [0.1, 0.15) is 0 Å². The summed E-state index contributed by atoms with van der Waals surface area (Å²) in [6.45, 7) is 5.68. The summed E-state index contributed by atoms with van der Waals surface area (Å²) in [4.78, 5) is 0. The Bertz CT molecular complexity index is 404. The lowest BCUT2D eigenvalue weighted by Gasteiger charge is -2.07. The third kappa shape index (κ3) is 8.30. The Labute approximate surface area is 149 Å². The zero-order valence-electron chi connectivity index (χ0n) is 15.7. The summed E-state index contributed by atoms with van der Waals surface area (Å²) in [5.74, 6) is 0.753. The van der Waals surface area contributed by atoms with Crippen LogP contribution in [-0.4, -0.2) is 25.7 Å². The van der Waals surface area contributed by atoms with Crippen molar-refractivity contribution < 1.29 is 0 Å². The van der Waals surface area contributed by atoms with Crippen molar-refractivity contribution in [2.75, 3.05) is 19.6 Å². The van der Waals surface area contributed by atoms with Gasteiger partial charge in [-0.25, -0.2) is 0 Å². The number of nitrogens with one attached hydrogen (secondary N) is 2. The molecule has 1 aromatic carbocycles. The first-order valence-corrected chi connectivity index (χ1v) is 10.4. The average molecular weight is 331 g/mol. The fraction of sp³-hybridized carbons (Fsp3) is 0.727. The molecule has 0 spiro atoms. The molecular weight excluding hydrogens is 292 g/mol. The predicted molar refractivity (Wildman–Crippen MR) is 106 cm³/mol. The minimum Gasteiger partial charge on any atom is -0.315 e. The van der Waals surface area contributed by atoms with Gasteiger partial charge in [0.05, 0.1) is 0 Å². The van der Waals surface area contributed by atoms with Gasteiger partial charge in [-0.05, 0) is 24.9 Å². The van der Waals surface area contributed by atoms with Crippen molar-refractivity contribution in [3.63, 3.8) is 0 Å². The maximum atomic E-state index is 3.68. The van der Waals surface area contributed by atoms with Crippen LogP contribution in [0.5, 0.6) is 0 Å². The number of hydrogen-bond donors (Lipinski definition) is 2. The molecule has 0 radical (unpaired) electrons. The fourth-order valence-corrected chi connectivity index (χ4v) is 3.52. The van der Waals surface area contributed by atoms with E-state index < -0.39 is 0 Å². The molecule has 2 N–H and O–H groups in total. The minimum atomic E-state index is 0.710. The molecule has 1 fully saturated rings. The van der Waals surface area contributed by atoms with Crippen LogP contribution in [0.3, 0.4) is 0 Å². The van der Waals surface area contributed by atoms with Crippen LogP contribution in [-0.2, 0) is 0 Å². The largest absolute Gasteiger partial charge is 0.315 e. The van der Waals surface area contributed by atoms with Crippen LogP contribution < -0.4 is 10.6 Å². The Morgan fingerprint density at radius 1 is 0.792 bits per heavy atom. The lowest BCUT2D eigenvalue weighted by molar-refractivity contribution is 0.541.